The third-order valence-electron chi connectivity index (χ3n) is 4.84. The lowest BCUT2D eigenvalue weighted by atomic mass is 10.1. The van der Waals surface area contributed by atoms with E-state index in [4.69, 9.17) is 9.47 Å². The van der Waals surface area contributed by atoms with Crippen LogP contribution in [0.4, 0.5) is 0 Å². The van der Waals surface area contributed by atoms with Gasteiger partial charge in [-0.05, 0) is 22.4 Å². The van der Waals surface area contributed by atoms with E-state index in [0.717, 1.165) is 16.5 Å². The van der Waals surface area contributed by atoms with Gasteiger partial charge >= 0.3 is 5.97 Å². The maximum Gasteiger partial charge on any atom is 0.321 e. The van der Waals surface area contributed by atoms with Gasteiger partial charge in [0.2, 0.25) is 0 Å². The third kappa shape index (κ3) is 3.66. The number of aliphatic carboxylic acids is 1. The lowest BCUT2D eigenvalue weighted by molar-refractivity contribution is -0.138. The number of rotatable bonds is 6. The second-order valence-electron chi connectivity index (χ2n) is 6.58. The van der Waals surface area contributed by atoms with Gasteiger partial charge in [0.15, 0.2) is 11.5 Å². The van der Waals surface area contributed by atoms with Gasteiger partial charge in [-0.2, -0.15) is 0 Å². The van der Waals surface area contributed by atoms with Gasteiger partial charge in [0.25, 0.3) is 0 Å². The number of fused-ring (bicyclic) bond motifs is 1. The van der Waals surface area contributed by atoms with E-state index in [2.05, 4.69) is 29.6 Å². The van der Waals surface area contributed by atoms with Crippen LogP contribution in [0.25, 0.3) is 10.8 Å². The van der Waals surface area contributed by atoms with E-state index in [1.807, 2.05) is 36.4 Å². The summed E-state index contributed by atoms with van der Waals surface area (Å²) in [7, 11) is 1.61. The van der Waals surface area contributed by atoms with Crippen molar-refractivity contribution in [1.82, 2.24) is 5.32 Å². The molecule has 1 aliphatic heterocycles. The lowest BCUT2D eigenvalue weighted by Gasteiger charge is -2.19. The molecule has 0 aliphatic carbocycles. The first kappa shape index (κ1) is 18.7. The van der Waals surface area contributed by atoms with E-state index in [9.17, 15) is 9.90 Å². The largest absolute Gasteiger partial charge is 0.493 e. The Morgan fingerprint density at radius 3 is 2.71 bits per heavy atom. The van der Waals surface area contributed by atoms with Crippen LogP contribution in [0.5, 0.6) is 11.5 Å². The molecule has 2 N–H and O–H groups in total. The predicted octanol–water partition coefficient (Wildman–Crippen LogP) is 4.22. The molecule has 0 spiro atoms. The number of para-hydroxylation sites is 1. The minimum atomic E-state index is -0.837. The van der Waals surface area contributed by atoms with Crippen molar-refractivity contribution in [3.05, 3.63) is 71.8 Å². The van der Waals surface area contributed by atoms with Crippen LogP contribution in [0.1, 0.15) is 16.5 Å². The molecule has 2 unspecified atom stereocenters. The van der Waals surface area contributed by atoms with Crippen molar-refractivity contribution in [2.45, 2.75) is 18.0 Å². The molecule has 2 atom stereocenters. The fourth-order valence-electron chi connectivity index (χ4n) is 3.42. The summed E-state index contributed by atoms with van der Waals surface area (Å²) in [6.45, 7) is 0.397. The minimum absolute atomic E-state index is 0.154. The predicted molar refractivity (Wildman–Crippen MR) is 111 cm³/mol. The molecule has 1 saturated heterocycles. The van der Waals surface area contributed by atoms with Crippen molar-refractivity contribution in [3.63, 3.8) is 0 Å². The highest BCUT2D eigenvalue weighted by atomic mass is 32.2. The molecule has 1 heterocycles. The number of carbonyl (C=O) groups is 1. The fourth-order valence-corrected chi connectivity index (χ4v) is 4.67. The van der Waals surface area contributed by atoms with Gasteiger partial charge in [-0.3, -0.25) is 10.1 Å². The van der Waals surface area contributed by atoms with Crippen molar-refractivity contribution < 1.29 is 19.4 Å². The van der Waals surface area contributed by atoms with Crippen LogP contribution in [0.15, 0.2) is 60.7 Å². The Balaban J connectivity index is 1.63. The molecule has 0 saturated carbocycles. The monoisotopic (exact) mass is 395 g/mol. The number of carboxylic acid groups (broad SMARTS) is 1. The van der Waals surface area contributed by atoms with E-state index in [-0.39, 0.29) is 5.37 Å². The zero-order chi connectivity index (χ0) is 19.5. The maximum absolute atomic E-state index is 11.3. The molecule has 4 rings (SSSR count). The molecule has 28 heavy (non-hydrogen) atoms. The molecule has 0 aromatic heterocycles. The van der Waals surface area contributed by atoms with E-state index in [1.54, 1.807) is 18.9 Å². The molecule has 3 aromatic carbocycles. The zero-order valence-electron chi connectivity index (χ0n) is 15.4. The minimum Gasteiger partial charge on any atom is -0.493 e. The van der Waals surface area contributed by atoms with E-state index in [1.165, 1.54) is 5.39 Å². The Morgan fingerprint density at radius 2 is 1.93 bits per heavy atom. The number of thioether (sulfide) groups is 1. The smallest absolute Gasteiger partial charge is 0.321 e. The Hall–Kier alpha value is -2.70. The summed E-state index contributed by atoms with van der Waals surface area (Å²) in [5.41, 5.74) is 1.98. The Labute approximate surface area is 167 Å². The van der Waals surface area contributed by atoms with E-state index < -0.39 is 12.0 Å². The van der Waals surface area contributed by atoms with E-state index >= 15 is 0 Å². The molecule has 1 aliphatic rings. The highest BCUT2D eigenvalue weighted by Crippen LogP contribution is 2.42. The molecule has 3 aromatic rings. The molecule has 6 heteroatoms. The van der Waals surface area contributed by atoms with Gasteiger partial charge in [-0.1, -0.05) is 54.6 Å². The first-order valence-corrected chi connectivity index (χ1v) is 10.1. The highest BCUT2D eigenvalue weighted by molar-refractivity contribution is 7.99. The number of nitrogens with one attached hydrogen (secondary N) is 1. The van der Waals surface area contributed by atoms with Crippen molar-refractivity contribution in [3.8, 4) is 11.5 Å². The zero-order valence-corrected chi connectivity index (χ0v) is 16.2. The van der Waals surface area contributed by atoms with Gasteiger partial charge < -0.3 is 14.6 Å². The second-order valence-corrected chi connectivity index (χ2v) is 7.71. The molecule has 0 bridgehead atoms. The summed E-state index contributed by atoms with van der Waals surface area (Å²) in [6, 6.07) is 19.5. The van der Waals surface area contributed by atoms with Gasteiger partial charge in [0.05, 0.1) is 12.5 Å². The van der Waals surface area contributed by atoms with Gasteiger partial charge in [0.1, 0.15) is 12.6 Å². The summed E-state index contributed by atoms with van der Waals surface area (Å²) >= 11 is 1.56. The molecule has 5 nitrogen and oxygen atoms in total. The SMILES string of the molecule is COc1cccc(C2NC(C(=O)O)CS2)c1OCc1cccc2ccccc12. The molecular formula is C22H21NO4S. The molecular weight excluding hydrogens is 374 g/mol. The number of methoxy groups -OCH3 is 1. The highest BCUT2D eigenvalue weighted by Gasteiger charge is 2.32. The van der Waals surface area contributed by atoms with Crippen LogP contribution in [-0.4, -0.2) is 30.0 Å². The lowest BCUT2D eigenvalue weighted by Crippen LogP contribution is -2.33. The fraction of sp³-hybridized carbons (Fsp3) is 0.227. The topological polar surface area (TPSA) is 67.8 Å². The van der Waals surface area contributed by atoms with Gasteiger partial charge in [0, 0.05) is 11.3 Å². The van der Waals surface area contributed by atoms with Crippen LogP contribution >= 0.6 is 11.8 Å². The first-order valence-electron chi connectivity index (χ1n) is 9.04. The summed E-state index contributed by atoms with van der Waals surface area (Å²) in [5.74, 6) is 0.962. The number of benzene rings is 3. The number of ether oxygens (including phenoxy) is 2. The Bertz CT molecular complexity index is 1000. The van der Waals surface area contributed by atoms with Crippen LogP contribution in [0.3, 0.4) is 0 Å². The van der Waals surface area contributed by atoms with Crippen LogP contribution in [0, 0.1) is 0 Å². The summed E-state index contributed by atoms with van der Waals surface area (Å²) in [4.78, 5) is 11.3. The van der Waals surface area contributed by atoms with Crippen molar-refractivity contribution in [2.75, 3.05) is 12.9 Å². The molecule has 144 valence electrons. The molecule has 0 radical (unpaired) electrons. The van der Waals surface area contributed by atoms with Gasteiger partial charge in [-0.15, -0.1) is 11.8 Å². The average molecular weight is 395 g/mol. The Kier molecular flexibility index (Phi) is 5.41. The number of carboxylic acids is 1. The number of hydrogen-bond donors (Lipinski definition) is 2. The van der Waals surface area contributed by atoms with Crippen molar-refractivity contribution in [2.24, 2.45) is 0 Å². The van der Waals surface area contributed by atoms with Crippen molar-refractivity contribution in [1.29, 1.82) is 0 Å². The van der Waals surface area contributed by atoms with Crippen LogP contribution in [0.2, 0.25) is 0 Å². The van der Waals surface area contributed by atoms with E-state index in [0.29, 0.717) is 23.9 Å². The normalized spacial score (nSPS) is 18.9. The number of hydrogen-bond acceptors (Lipinski definition) is 5. The summed E-state index contributed by atoms with van der Waals surface area (Å²) < 4.78 is 11.8. The molecule has 1 fully saturated rings. The average Bonchev–Trinajstić information content (AvgIpc) is 3.22. The first-order chi connectivity index (χ1) is 13.7. The standard InChI is InChI=1S/C22H21NO4S/c1-26-19-11-5-10-17(21-23-18(13-28-21)22(24)25)20(19)27-12-15-8-4-7-14-6-2-3-9-16(14)15/h2-11,18,21,23H,12-13H2,1H3,(H,24,25). The Morgan fingerprint density at radius 1 is 1.14 bits per heavy atom. The van der Waals surface area contributed by atoms with Crippen LogP contribution in [-0.2, 0) is 11.4 Å². The quantitative estimate of drug-likeness (QED) is 0.652. The van der Waals surface area contributed by atoms with Gasteiger partial charge in [-0.25, -0.2) is 0 Å². The van der Waals surface area contributed by atoms with Crippen LogP contribution < -0.4 is 14.8 Å². The molecule has 0 amide bonds. The van der Waals surface area contributed by atoms with Crippen molar-refractivity contribution >= 4 is 28.5 Å². The summed E-state index contributed by atoms with van der Waals surface area (Å²) in [5, 5.41) is 14.6. The summed E-state index contributed by atoms with van der Waals surface area (Å²) in [6.07, 6.45) is 0. The second kappa shape index (κ2) is 8.12. The maximum atomic E-state index is 11.3. The third-order valence-corrected chi connectivity index (χ3v) is 6.09.